The molecule has 0 radical (unpaired) electrons. The largest absolute Gasteiger partial charge is 0.573 e. The van der Waals surface area contributed by atoms with Crippen molar-refractivity contribution in [2.45, 2.75) is 6.36 Å². The summed E-state index contributed by atoms with van der Waals surface area (Å²) in [4.78, 5) is 20.0. The highest BCUT2D eigenvalue weighted by Gasteiger charge is 2.31. The quantitative estimate of drug-likeness (QED) is 0.904. The molecule has 0 unspecified atom stereocenters. The van der Waals surface area contributed by atoms with Gasteiger partial charge < -0.3 is 19.6 Å². The summed E-state index contributed by atoms with van der Waals surface area (Å²) in [6, 6.07) is 8.70. The second-order valence-corrected chi connectivity index (χ2v) is 5.73. The number of halogens is 3. The summed E-state index contributed by atoms with van der Waals surface area (Å²) in [5.41, 5.74) is 0.489. The van der Waals surface area contributed by atoms with Crippen LogP contribution in [0.1, 0.15) is 10.4 Å². The summed E-state index contributed by atoms with van der Waals surface area (Å²) in [7, 11) is 0. The van der Waals surface area contributed by atoms with E-state index in [9.17, 15) is 23.1 Å². The Labute approximate surface area is 147 Å². The highest BCUT2D eigenvalue weighted by Crippen LogP contribution is 2.24. The molecule has 0 aliphatic carbocycles. The first-order chi connectivity index (χ1) is 12.3. The number of ether oxygens (including phenoxy) is 1. The number of phenols is 1. The number of carbonyl (C=O) groups is 1. The summed E-state index contributed by atoms with van der Waals surface area (Å²) in [6.45, 7) is 1.94. The Balaban J connectivity index is 1.58. The van der Waals surface area contributed by atoms with Crippen LogP contribution < -0.4 is 9.64 Å². The smallest absolute Gasteiger partial charge is 0.508 e. The van der Waals surface area contributed by atoms with Crippen molar-refractivity contribution >= 4 is 11.7 Å². The van der Waals surface area contributed by atoms with E-state index in [-0.39, 0.29) is 17.4 Å². The fraction of sp³-hybridized carbons (Fsp3) is 0.294. The summed E-state index contributed by atoms with van der Waals surface area (Å²) in [5, 5.41) is 9.28. The Morgan fingerprint density at radius 2 is 1.69 bits per heavy atom. The number of amides is 1. The predicted octanol–water partition coefficient (Wildman–Crippen LogP) is 2.65. The van der Waals surface area contributed by atoms with Crippen LogP contribution in [0.2, 0.25) is 0 Å². The average molecular weight is 367 g/mol. The van der Waals surface area contributed by atoms with Crippen molar-refractivity contribution < 1.29 is 27.8 Å². The zero-order valence-corrected chi connectivity index (χ0v) is 13.6. The van der Waals surface area contributed by atoms with Crippen molar-refractivity contribution in [1.29, 1.82) is 0 Å². The molecule has 0 bridgehead atoms. The molecule has 6 nitrogen and oxygen atoms in total. The van der Waals surface area contributed by atoms with E-state index in [1.54, 1.807) is 17.0 Å². The van der Waals surface area contributed by atoms with Crippen LogP contribution in [0.25, 0.3) is 0 Å². The van der Waals surface area contributed by atoms with Crippen LogP contribution >= 0.6 is 0 Å². The topological polar surface area (TPSA) is 65.9 Å². The molecular weight excluding hydrogens is 351 g/mol. The van der Waals surface area contributed by atoms with E-state index >= 15 is 0 Å². The lowest BCUT2D eigenvalue weighted by Gasteiger charge is -2.35. The number of piperazine rings is 1. The molecule has 26 heavy (non-hydrogen) atoms. The molecule has 2 heterocycles. The normalized spacial score (nSPS) is 15.0. The standard InChI is InChI=1S/C17H16F3N3O3/c18-17(19,20)26-14-5-6-15(21-11-14)22-7-9-23(10-8-22)16(25)12-1-3-13(24)4-2-12/h1-6,11,24H,7-10H2. The molecular formula is C17H16F3N3O3. The van der Waals surface area contributed by atoms with Crippen molar-refractivity contribution in [2.75, 3.05) is 31.1 Å². The fourth-order valence-electron chi connectivity index (χ4n) is 2.68. The maximum Gasteiger partial charge on any atom is 0.573 e. The molecule has 1 aromatic heterocycles. The number of alkyl halides is 3. The highest BCUT2D eigenvalue weighted by atomic mass is 19.4. The highest BCUT2D eigenvalue weighted by molar-refractivity contribution is 5.94. The third-order valence-electron chi connectivity index (χ3n) is 3.96. The van der Waals surface area contributed by atoms with E-state index in [0.717, 1.165) is 6.20 Å². The monoisotopic (exact) mass is 367 g/mol. The number of hydrogen-bond donors (Lipinski definition) is 1. The lowest BCUT2D eigenvalue weighted by Crippen LogP contribution is -2.49. The molecule has 0 atom stereocenters. The Kier molecular flexibility index (Phi) is 4.88. The molecule has 1 aliphatic heterocycles. The Morgan fingerprint density at radius 3 is 2.23 bits per heavy atom. The summed E-state index contributed by atoms with van der Waals surface area (Å²) in [5.74, 6) is 0.112. The fourth-order valence-corrected chi connectivity index (χ4v) is 2.68. The number of hydrogen-bond acceptors (Lipinski definition) is 5. The zero-order chi connectivity index (χ0) is 18.7. The van der Waals surface area contributed by atoms with E-state index in [1.807, 2.05) is 4.90 Å². The maximum atomic E-state index is 12.4. The molecule has 1 N–H and O–H groups in total. The molecule has 1 aliphatic rings. The van der Waals surface area contributed by atoms with E-state index in [0.29, 0.717) is 37.6 Å². The average Bonchev–Trinajstić information content (AvgIpc) is 2.61. The number of anilines is 1. The molecule has 1 aromatic carbocycles. The zero-order valence-electron chi connectivity index (χ0n) is 13.6. The molecule has 0 saturated carbocycles. The second kappa shape index (κ2) is 7.11. The molecule has 138 valence electrons. The summed E-state index contributed by atoms with van der Waals surface area (Å²) in [6.07, 6.45) is -3.72. The minimum absolute atomic E-state index is 0.0930. The van der Waals surface area contributed by atoms with Gasteiger partial charge in [0.2, 0.25) is 0 Å². The van der Waals surface area contributed by atoms with E-state index in [1.165, 1.54) is 24.3 Å². The maximum absolute atomic E-state index is 12.4. The van der Waals surface area contributed by atoms with Gasteiger partial charge >= 0.3 is 6.36 Å². The predicted molar refractivity (Wildman–Crippen MR) is 87.1 cm³/mol. The van der Waals surface area contributed by atoms with Crippen molar-refractivity contribution in [3.63, 3.8) is 0 Å². The molecule has 0 spiro atoms. The van der Waals surface area contributed by atoms with Crippen LogP contribution in [-0.2, 0) is 0 Å². The van der Waals surface area contributed by atoms with E-state index < -0.39 is 6.36 Å². The van der Waals surface area contributed by atoms with Crippen LogP contribution in [0.4, 0.5) is 19.0 Å². The minimum Gasteiger partial charge on any atom is -0.508 e. The van der Waals surface area contributed by atoms with Crippen LogP contribution in [-0.4, -0.2) is 53.4 Å². The van der Waals surface area contributed by atoms with Crippen LogP contribution in [0, 0.1) is 0 Å². The van der Waals surface area contributed by atoms with Gasteiger partial charge in [-0.15, -0.1) is 13.2 Å². The molecule has 2 aromatic rings. The van der Waals surface area contributed by atoms with Gasteiger partial charge in [-0.3, -0.25) is 4.79 Å². The first kappa shape index (κ1) is 17.8. The van der Waals surface area contributed by atoms with Crippen molar-refractivity contribution in [3.05, 3.63) is 48.2 Å². The number of carbonyl (C=O) groups excluding carboxylic acids is 1. The number of benzene rings is 1. The van der Waals surface area contributed by atoms with Crippen molar-refractivity contribution in [2.24, 2.45) is 0 Å². The van der Waals surface area contributed by atoms with Gasteiger partial charge in [-0.25, -0.2) is 4.98 Å². The Hall–Kier alpha value is -2.97. The number of aromatic hydroxyl groups is 1. The van der Waals surface area contributed by atoms with Crippen molar-refractivity contribution in [3.8, 4) is 11.5 Å². The van der Waals surface area contributed by atoms with Gasteiger partial charge in [0, 0.05) is 31.7 Å². The van der Waals surface area contributed by atoms with Crippen LogP contribution in [0.5, 0.6) is 11.5 Å². The number of nitrogens with zero attached hydrogens (tertiary/aromatic N) is 3. The molecule has 3 rings (SSSR count). The van der Waals surface area contributed by atoms with E-state index in [2.05, 4.69) is 9.72 Å². The van der Waals surface area contributed by atoms with Gasteiger partial charge in [0.15, 0.2) is 0 Å². The third kappa shape index (κ3) is 4.35. The second-order valence-electron chi connectivity index (χ2n) is 5.73. The number of phenolic OH excluding ortho intramolecular Hbond substituents is 1. The number of pyridine rings is 1. The number of aromatic nitrogens is 1. The minimum atomic E-state index is -4.75. The molecule has 9 heteroatoms. The van der Waals surface area contributed by atoms with E-state index in [4.69, 9.17) is 0 Å². The van der Waals surface area contributed by atoms with Gasteiger partial charge in [0.05, 0.1) is 6.20 Å². The van der Waals surface area contributed by atoms with Gasteiger partial charge in [-0.2, -0.15) is 0 Å². The molecule has 1 saturated heterocycles. The van der Waals surface area contributed by atoms with Crippen LogP contribution in [0.15, 0.2) is 42.6 Å². The lowest BCUT2D eigenvalue weighted by atomic mass is 10.1. The van der Waals surface area contributed by atoms with Gasteiger partial charge in [-0.1, -0.05) is 0 Å². The SMILES string of the molecule is O=C(c1ccc(O)cc1)N1CCN(c2ccc(OC(F)(F)F)cn2)CC1. The first-order valence-electron chi connectivity index (χ1n) is 7.87. The summed E-state index contributed by atoms with van der Waals surface area (Å²) < 4.78 is 40.3. The summed E-state index contributed by atoms with van der Waals surface area (Å²) >= 11 is 0. The molecule has 1 amide bonds. The van der Waals surface area contributed by atoms with Crippen molar-refractivity contribution in [1.82, 2.24) is 9.88 Å². The van der Waals surface area contributed by atoms with Gasteiger partial charge in [0.25, 0.3) is 5.91 Å². The lowest BCUT2D eigenvalue weighted by molar-refractivity contribution is -0.274. The molecule has 1 fully saturated rings. The Bertz CT molecular complexity index is 756. The first-order valence-corrected chi connectivity index (χ1v) is 7.87. The Morgan fingerprint density at radius 1 is 1.04 bits per heavy atom. The van der Waals surface area contributed by atoms with Crippen LogP contribution in [0.3, 0.4) is 0 Å². The van der Waals surface area contributed by atoms with Gasteiger partial charge in [-0.05, 0) is 36.4 Å². The van der Waals surface area contributed by atoms with Gasteiger partial charge in [0.1, 0.15) is 17.3 Å². The third-order valence-corrected chi connectivity index (χ3v) is 3.96. The number of rotatable bonds is 3.